The fourth-order valence-electron chi connectivity index (χ4n) is 5.72. The molecule has 2 aromatic rings. The Labute approximate surface area is 221 Å². The number of hydrogen-bond donors (Lipinski definition) is 2. The fourth-order valence-corrected chi connectivity index (χ4v) is 5.89. The van der Waals surface area contributed by atoms with Crippen LogP contribution in [-0.2, 0) is 6.54 Å². The molecule has 2 atom stereocenters. The fraction of sp³-hybridized carbons (Fsp3) is 0.607. The predicted molar refractivity (Wildman–Crippen MR) is 154 cm³/mol. The summed E-state index contributed by atoms with van der Waals surface area (Å²) < 4.78 is 0. The summed E-state index contributed by atoms with van der Waals surface area (Å²) in [5.41, 5.74) is 2.52. The van der Waals surface area contributed by atoms with Gasteiger partial charge in [-0.2, -0.15) is 9.97 Å². The van der Waals surface area contributed by atoms with Gasteiger partial charge in [0.25, 0.3) is 0 Å². The third-order valence-electron chi connectivity index (χ3n) is 7.75. The van der Waals surface area contributed by atoms with Crippen LogP contribution in [0.5, 0.6) is 0 Å². The summed E-state index contributed by atoms with van der Waals surface area (Å²) in [5.74, 6) is 3.97. The highest BCUT2D eigenvalue weighted by Gasteiger charge is 2.23. The molecule has 0 bridgehead atoms. The molecular weight excluding hydrogens is 466 g/mol. The topological polar surface area (TPSA) is 59.6 Å². The van der Waals surface area contributed by atoms with Gasteiger partial charge in [-0.1, -0.05) is 26.0 Å². The molecule has 1 aromatic carbocycles. The van der Waals surface area contributed by atoms with E-state index in [-0.39, 0.29) is 0 Å². The molecular formula is C28H41N7S. The van der Waals surface area contributed by atoms with Crippen molar-refractivity contribution in [3.8, 4) is 0 Å². The summed E-state index contributed by atoms with van der Waals surface area (Å²) in [6.45, 7) is 11.8. The molecule has 3 aliphatic heterocycles. The van der Waals surface area contributed by atoms with Gasteiger partial charge in [0.15, 0.2) is 5.11 Å². The Hall–Kier alpha value is -2.61. The Bertz CT molecular complexity index is 981. The lowest BCUT2D eigenvalue weighted by Gasteiger charge is -2.35. The molecule has 194 valence electrons. The quantitative estimate of drug-likeness (QED) is 0.528. The van der Waals surface area contributed by atoms with Crippen molar-refractivity contribution in [2.75, 3.05) is 59.3 Å². The zero-order valence-corrected chi connectivity index (χ0v) is 22.7. The molecule has 3 saturated heterocycles. The van der Waals surface area contributed by atoms with Crippen LogP contribution in [0.2, 0.25) is 0 Å². The smallest absolute Gasteiger partial charge is 0.232 e. The first kappa shape index (κ1) is 25.1. The summed E-state index contributed by atoms with van der Waals surface area (Å²) in [5, 5.41) is 7.19. The second kappa shape index (κ2) is 11.6. The molecule has 0 radical (unpaired) electrons. The highest BCUT2D eigenvalue weighted by atomic mass is 32.1. The van der Waals surface area contributed by atoms with Crippen LogP contribution < -0.4 is 25.3 Å². The van der Waals surface area contributed by atoms with Gasteiger partial charge in [0.2, 0.25) is 5.95 Å². The maximum absolute atomic E-state index is 5.65. The molecule has 2 N–H and O–H groups in total. The van der Waals surface area contributed by atoms with E-state index in [1.54, 1.807) is 0 Å². The minimum atomic E-state index is 0.556. The third-order valence-corrected chi connectivity index (χ3v) is 7.99. The van der Waals surface area contributed by atoms with Crippen molar-refractivity contribution in [3.63, 3.8) is 0 Å². The van der Waals surface area contributed by atoms with E-state index < -0.39 is 0 Å². The number of piperidine rings is 2. The number of benzene rings is 1. The largest absolute Gasteiger partial charge is 0.372 e. The monoisotopic (exact) mass is 507 g/mol. The van der Waals surface area contributed by atoms with Crippen molar-refractivity contribution < 1.29 is 0 Å². The molecule has 0 saturated carbocycles. The summed E-state index contributed by atoms with van der Waals surface area (Å²) in [6, 6.07) is 11.0. The Balaban J connectivity index is 1.25. The van der Waals surface area contributed by atoms with Crippen LogP contribution in [0.25, 0.3) is 0 Å². The molecule has 0 aliphatic carbocycles. The van der Waals surface area contributed by atoms with Gasteiger partial charge in [0.1, 0.15) is 11.6 Å². The van der Waals surface area contributed by atoms with Gasteiger partial charge in [-0.3, -0.25) is 0 Å². The van der Waals surface area contributed by atoms with Crippen LogP contribution >= 0.6 is 12.2 Å². The highest BCUT2D eigenvalue weighted by molar-refractivity contribution is 7.80. The minimum Gasteiger partial charge on any atom is -0.372 e. The zero-order valence-electron chi connectivity index (χ0n) is 21.9. The average molecular weight is 508 g/mol. The molecule has 3 aliphatic rings. The van der Waals surface area contributed by atoms with Crippen LogP contribution in [0.3, 0.4) is 0 Å². The molecule has 1 aromatic heterocycles. The summed E-state index contributed by atoms with van der Waals surface area (Å²) in [6.07, 6.45) is 7.58. The SMILES string of the molecule is C[C@@H]1CCCN(c2cc(N3CCC[C@@H](C)C3)nc(NC(=S)NCc3ccc(N4CCCC4)cc3)n2)C1. The molecule has 7 nitrogen and oxygen atoms in total. The first-order chi connectivity index (χ1) is 17.5. The van der Waals surface area contributed by atoms with Crippen LogP contribution in [-0.4, -0.2) is 54.3 Å². The molecule has 5 rings (SSSR count). The molecule has 36 heavy (non-hydrogen) atoms. The average Bonchev–Trinajstić information content (AvgIpc) is 3.43. The summed E-state index contributed by atoms with van der Waals surface area (Å²) in [7, 11) is 0. The Morgan fingerprint density at radius 1 is 0.833 bits per heavy atom. The second-order valence-corrected chi connectivity index (χ2v) is 11.4. The van der Waals surface area contributed by atoms with E-state index in [0.717, 1.165) is 37.8 Å². The number of rotatable bonds is 6. The number of hydrogen-bond acceptors (Lipinski definition) is 6. The van der Waals surface area contributed by atoms with E-state index in [1.165, 1.54) is 62.9 Å². The number of nitrogens with zero attached hydrogens (tertiary/aromatic N) is 5. The van der Waals surface area contributed by atoms with E-state index in [4.69, 9.17) is 22.2 Å². The van der Waals surface area contributed by atoms with Gasteiger partial charge < -0.3 is 25.3 Å². The van der Waals surface area contributed by atoms with Crippen molar-refractivity contribution >= 4 is 40.6 Å². The van der Waals surface area contributed by atoms with Crippen LogP contribution in [0.4, 0.5) is 23.3 Å². The van der Waals surface area contributed by atoms with E-state index in [2.05, 4.69) is 69.5 Å². The van der Waals surface area contributed by atoms with Crippen molar-refractivity contribution in [1.29, 1.82) is 0 Å². The number of thiocarbonyl (C=S) groups is 1. The minimum absolute atomic E-state index is 0.556. The Kier molecular flexibility index (Phi) is 8.09. The molecule has 8 heteroatoms. The lowest BCUT2D eigenvalue weighted by atomic mass is 10.00. The van der Waals surface area contributed by atoms with E-state index in [9.17, 15) is 0 Å². The van der Waals surface area contributed by atoms with Gasteiger partial charge in [-0.05, 0) is 80.3 Å². The van der Waals surface area contributed by atoms with Crippen molar-refractivity contribution in [2.24, 2.45) is 11.8 Å². The first-order valence-electron chi connectivity index (χ1n) is 13.8. The van der Waals surface area contributed by atoms with Crippen LogP contribution in [0.1, 0.15) is 57.9 Å². The van der Waals surface area contributed by atoms with Crippen LogP contribution in [0.15, 0.2) is 30.3 Å². The Morgan fingerprint density at radius 2 is 1.39 bits per heavy atom. The zero-order chi connectivity index (χ0) is 24.9. The van der Waals surface area contributed by atoms with E-state index in [0.29, 0.717) is 29.4 Å². The first-order valence-corrected chi connectivity index (χ1v) is 14.2. The lowest BCUT2D eigenvalue weighted by Crippen LogP contribution is -2.37. The van der Waals surface area contributed by atoms with Gasteiger partial charge in [0, 0.05) is 57.6 Å². The van der Waals surface area contributed by atoms with Gasteiger partial charge in [0.05, 0.1) is 0 Å². The van der Waals surface area contributed by atoms with E-state index in [1.807, 2.05) is 0 Å². The summed E-state index contributed by atoms with van der Waals surface area (Å²) >= 11 is 5.65. The molecule has 3 fully saturated rings. The van der Waals surface area contributed by atoms with E-state index >= 15 is 0 Å². The number of anilines is 4. The highest BCUT2D eigenvalue weighted by Crippen LogP contribution is 2.28. The van der Waals surface area contributed by atoms with Crippen molar-refractivity contribution in [2.45, 2.75) is 58.9 Å². The third kappa shape index (κ3) is 6.38. The summed E-state index contributed by atoms with van der Waals surface area (Å²) in [4.78, 5) is 17.1. The standard InChI is InChI=1S/C28H41N7S/c1-21-7-5-15-34(19-21)25-17-26(35-16-6-8-22(2)20-35)31-27(30-25)32-28(36)29-18-23-9-11-24(12-10-23)33-13-3-4-14-33/h9-12,17,21-22H,3-8,13-16,18-20H2,1-2H3,(H2,29,30,31,32,36)/t21-,22-/m1/s1. The van der Waals surface area contributed by atoms with Crippen LogP contribution in [0, 0.1) is 11.8 Å². The molecule has 4 heterocycles. The molecule has 0 unspecified atom stereocenters. The van der Waals surface area contributed by atoms with Gasteiger partial charge >= 0.3 is 0 Å². The maximum atomic E-state index is 5.65. The second-order valence-electron chi connectivity index (χ2n) is 11.0. The molecule has 0 amide bonds. The predicted octanol–water partition coefficient (Wildman–Crippen LogP) is 5.04. The van der Waals surface area contributed by atoms with Crippen molar-refractivity contribution in [1.82, 2.24) is 15.3 Å². The maximum Gasteiger partial charge on any atom is 0.232 e. The lowest BCUT2D eigenvalue weighted by molar-refractivity contribution is 0.441. The number of aromatic nitrogens is 2. The number of nitrogens with one attached hydrogen (secondary N) is 2. The molecule has 0 spiro atoms. The van der Waals surface area contributed by atoms with Crippen molar-refractivity contribution in [3.05, 3.63) is 35.9 Å². The normalized spacial score (nSPS) is 22.6. The van der Waals surface area contributed by atoms with Gasteiger partial charge in [-0.15, -0.1) is 0 Å². The Morgan fingerprint density at radius 3 is 1.94 bits per heavy atom. The van der Waals surface area contributed by atoms with Gasteiger partial charge in [-0.25, -0.2) is 0 Å².